The smallest absolute Gasteiger partial charge is 0.168 e. The zero-order chi connectivity index (χ0) is 14.0. The molecule has 0 unspecified atom stereocenters. The highest BCUT2D eigenvalue weighted by Gasteiger charge is 2.32. The van der Waals surface area contributed by atoms with Crippen LogP contribution in [-0.2, 0) is 4.79 Å². The van der Waals surface area contributed by atoms with E-state index in [0.29, 0.717) is 29.8 Å². The molecule has 0 spiro atoms. The summed E-state index contributed by atoms with van der Waals surface area (Å²) < 4.78 is 0. The van der Waals surface area contributed by atoms with Crippen molar-refractivity contribution in [2.24, 2.45) is 10.4 Å². The third kappa shape index (κ3) is 3.02. The van der Waals surface area contributed by atoms with Crippen LogP contribution in [0.3, 0.4) is 0 Å². The Morgan fingerprint density at radius 3 is 2.63 bits per heavy atom. The van der Waals surface area contributed by atoms with Crippen molar-refractivity contribution in [1.29, 1.82) is 0 Å². The number of hydrogen-bond donors (Lipinski definition) is 2. The van der Waals surface area contributed by atoms with Gasteiger partial charge < -0.3 is 10.8 Å². The number of hydrogen-bond acceptors (Lipinski definition) is 4. The molecule has 0 radical (unpaired) electrons. The molecule has 4 nitrogen and oxygen atoms in total. The van der Waals surface area contributed by atoms with E-state index in [9.17, 15) is 9.90 Å². The number of benzene rings is 1. The van der Waals surface area contributed by atoms with E-state index >= 15 is 0 Å². The van der Waals surface area contributed by atoms with Gasteiger partial charge in [0.2, 0.25) is 0 Å². The van der Waals surface area contributed by atoms with E-state index in [1.54, 1.807) is 12.1 Å². The first-order chi connectivity index (χ1) is 8.89. The lowest BCUT2D eigenvalue weighted by Gasteiger charge is -2.28. The molecule has 0 heterocycles. The Morgan fingerprint density at radius 2 is 2.00 bits per heavy atom. The van der Waals surface area contributed by atoms with E-state index in [-0.39, 0.29) is 17.0 Å². The highest BCUT2D eigenvalue weighted by molar-refractivity contribution is 6.15. The van der Waals surface area contributed by atoms with Gasteiger partial charge in [0.1, 0.15) is 5.76 Å². The van der Waals surface area contributed by atoms with Crippen molar-refractivity contribution >= 4 is 23.4 Å². The second-order valence-electron chi connectivity index (χ2n) is 5.62. The van der Waals surface area contributed by atoms with Gasteiger partial charge in [0.05, 0.1) is 16.9 Å². The maximum Gasteiger partial charge on any atom is 0.168 e. The number of aliphatic hydroxyl groups excluding tert-OH is 1. The topological polar surface area (TPSA) is 75.7 Å². The molecule has 3 N–H and O–H groups in total. The Morgan fingerprint density at radius 1 is 1.32 bits per heavy atom. The maximum atomic E-state index is 12.0. The quantitative estimate of drug-likeness (QED) is 0.632. The summed E-state index contributed by atoms with van der Waals surface area (Å²) in [4.78, 5) is 16.2. The zero-order valence-corrected chi connectivity index (χ0v) is 11.2. The minimum absolute atomic E-state index is 0.0768. The van der Waals surface area contributed by atoms with E-state index in [4.69, 9.17) is 5.73 Å². The highest BCUT2D eigenvalue weighted by Crippen LogP contribution is 2.35. The lowest BCUT2D eigenvalue weighted by molar-refractivity contribution is -0.117. The van der Waals surface area contributed by atoms with Crippen molar-refractivity contribution < 1.29 is 9.90 Å². The number of carbonyl (C=O) groups is 1. The minimum Gasteiger partial charge on any atom is -0.511 e. The Balaban J connectivity index is 2.28. The van der Waals surface area contributed by atoms with Gasteiger partial charge in [-0.05, 0) is 17.5 Å². The third-order valence-corrected chi connectivity index (χ3v) is 3.17. The van der Waals surface area contributed by atoms with E-state index in [1.165, 1.54) is 6.21 Å². The summed E-state index contributed by atoms with van der Waals surface area (Å²) in [5.74, 6) is 0.0338. The van der Waals surface area contributed by atoms with Gasteiger partial charge in [-0.3, -0.25) is 9.79 Å². The third-order valence-electron chi connectivity index (χ3n) is 3.17. The molecule has 1 aromatic carbocycles. The molecule has 0 saturated carbocycles. The SMILES string of the molecule is CC1(C)CC(=O)C(C=Nc2ccccc2N)=C(O)C1. The number of anilines is 1. The summed E-state index contributed by atoms with van der Waals surface area (Å²) in [6.45, 7) is 3.93. The number of Topliss-reactive ketones (excluding diaryl/α,β-unsaturated/α-hetero) is 1. The molecule has 0 amide bonds. The number of allylic oxidation sites excluding steroid dienone is 2. The summed E-state index contributed by atoms with van der Waals surface area (Å²) in [6.07, 6.45) is 2.33. The first-order valence-corrected chi connectivity index (χ1v) is 6.23. The number of para-hydroxylation sites is 2. The predicted octanol–water partition coefficient (Wildman–Crippen LogP) is 3.17. The standard InChI is InChI=1S/C15H18N2O2/c1-15(2)7-13(18)10(14(19)8-15)9-17-12-6-4-3-5-11(12)16/h3-6,9,18H,7-8,16H2,1-2H3. The molecule has 0 saturated heterocycles. The van der Waals surface area contributed by atoms with Crippen LogP contribution in [0.2, 0.25) is 0 Å². The largest absolute Gasteiger partial charge is 0.511 e. The van der Waals surface area contributed by atoms with Crippen LogP contribution >= 0.6 is 0 Å². The maximum absolute atomic E-state index is 12.0. The van der Waals surface area contributed by atoms with Gasteiger partial charge in [-0.25, -0.2) is 0 Å². The van der Waals surface area contributed by atoms with Gasteiger partial charge in [-0.2, -0.15) is 0 Å². The number of nitrogens with two attached hydrogens (primary N) is 1. The average Bonchev–Trinajstić information content (AvgIpc) is 2.28. The zero-order valence-electron chi connectivity index (χ0n) is 11.2. The summed E-state index contributed by atoms with van der Waals surface area (Å²) in [5.41, 5.74) is 7.02. The molecule has 1 aliphatic carbocycles. The van der Waals surface area contributed by atoms with Crippen LogP contribution in [0.1, 0.15) is 26.7 Å². The van der Waals surface area contributed by atoms with Crippen LogP contribution in [0, 0.1) is 5.41 Å². The molecule has 4 heteroatoms. The average molecular weight is 258 g/mol. The van der Waals surface area contributed by atoms with Gasteiger partial charge >= 0.3 is 0 Å². The Hall–Kier alpha value is -2.10. The predicted molar refractivity (Wildman–Crippen MR) is 76.7 cm³/mol. The Bertz CT molecular complexity index is 571. The van der Waals surface area contributed by atoms with E-state index in [0.717, 1.165) is 0 Å². The van der Waals surface area contributed by atoms with E-state index in [2.05, 4.69) is 4.99 Å². The van der Waals surface area contributed by atoms with Crippen molar-refractivity contribution in [1.82, 2.24) is 0 Å². The van der Waals surface area contributed by atoms with Gasteiger partial charge in [0.15, 0.2) is 5.78 Å². The number of rotatable bonds is 2. The van der Waals surface area contributed by atoms with Gasteiger partial charge in [-0.1, -0.05) is 26.0 Å². The Labute approximate surface area is 112 Å². The summed E-state index contributed by atoms with van der Waals surface area (Å²) in [6, 6.07) is 7.15. The molecule has 0 fully saturated rings. The second-order valence-corrected chi connectivity index (χ2v) is 5.62. The van der Waals surface area contributed by atoms with Crippen molar-refractivity contribution in [3.8, 4) is 0 Å². The van der Waals surface area contributed by atoms with E-state index in [1.807, 2.05) is 26.0 Å². The van der Waals surface area contributed by atoms with Crippen molar-refractivity contribution in [2.45, 2.75) is 26.7 Å². The van der Waals surface area contributed by atoms with Crippen LogP contribution in [0.4, 0.5) is 11.4 Å². The summed E-state index contributed by atoms with van der Waals surface area (Å²) in [5, 5.41) is 9.96. The number of aliphatic imine (C=N–C) groups is 1. The van der Waals surface area contributed by atoms with Crippen molar-refractivity contribution in [2.75, 3.05) is 5.73 Å². The first kappa shape index (κ1) is 13.3. The number of carbonyl (C=O) groups excluding carboxylic acids is 1. The van der Waals surface area contributed by atoms with Crippen LogP contribution in [0.25, 0.3) is 0 Å². The van der Waals surface area contributed by atoms with E-state index < -0.39 is 0 Å². The second kappa shape index (κ2) is 4.88. The number of nitrogen functional groups attached to an aromatic ring is 1. The van der Waals surface area contributed by atoms with Crippen LogP contribution in [-0.4, -0.2) is 17.1 Å². The number of aliphatic hydroxyl groups is 1. The molecule has 0 aromatic heterocycles. The summed E-state index contributed by atoms with van der Waals surface area (Å²) >= 11 is 0. The normalized spacial score (nSPS) is 19.2. The number of ketones is 1. The fraction of sp³-hybridized carbons (Fsp3) is 0.333. The molecule has 0 aliphatic heterocycles. The van der Waals surface area contributed by atoms with Gasteiger partial charge in [0, 0.05) is 19.1 Å². The molecule has 1 aromatic rings. The fourth-order valence-electron chi connectivity index (χ4n) is 2.19. The molecular weight excluding hydrogens is 240 g/mol. The van der Waals surface area contributed by atoms with Crippen LogP contribution in [0.15, 0.2) is 40.6 Å². The van der Waals surface area contributed by atoms with Crippen molar-refractivity contribution in [3.63, 3.8) is 0 Å². The summed E-state index contributed by atoms with van der Waals surface area (Å²) in [7, 11) is 0. The van der Waals surface area contributed by atoms with Gasteiger partial charge in [0.25, 0.3) is 0 Å². The fourth-order valence-corrected chi connectivity index (χ4v) is 2.19. The van der Waals surface area contributed by atoms with Gasteiger partial charge in [-0.15, -0.1) is 0 Å². The lowest BCUT2D eigenvalue weighted by Crippen LogP contribution is -2.26. The van der Waals surface area contributed by atoms with Crippen LogP contribution < -0.4 is 5.73 Å². The first-order valence-electron chi connectivity index (χ1n) is 6.23. The molecule has 2 rings (SSSR count). The monoisotopic (exact) mass is 258 g/mol. The molecule has 1 aliphatic rings. The highest BCUT2D eigenvalue weighted by atomic mass is 16.3. The molecule has 0 bridgehead atoms. The molecular formula is C15H18N2O2. The Kier molecular flexibility index (Phi) is 3.42. The lowest BCUT2D eigenvalue weighted by atomic mass is 9.77. The minimum atomic E-state index is -0.190. The molecule has 19 heavy (non-hydrogen) atoms. The van der Waals surface area contributed by atoms with Crippen LogP contribution in [0.5, 0.6) is 0 Å². The molecule has 0 atom stereocenters. The van der Waals surface area contributed by atoms with Crippen molar-refractivity contribution in [3.05, 3.63) is 35.6 Å². The number of nitrogens with zero attached hydrogens (tertiary/aromatic N) is 1. The molecule has 100 valence electrons.